The lowest BCUT2D eigenvalue weighted by atomic mass is 9.98. The predicted molar refractivity (Wildman–Crippen MR) is 83.7 cm³/mol. The first-order valence-electron chi connectivity index (χ1n) is 6.26. The molecule has 112 valence electrons. The van der Waals surface area contributed by atoms with Crippen molar-refractivity contribution in [1.82, 2.24) is 5.32 Å². The van der Waals surface area contributed by atoms with Gasteiger partial charge in [0.15, 0.2) is 11.6 Å². The fraction of sp³-hybridized carbons (Fsp3) is 0.200. The molecule has 0 heterocycles. The summed E-state index contributed by atoms with van der Waals surface area (Å²) in [6.07, 6.45) is 0. The molecule has 0 radical (unpaired) electrons. The zero-order chi connectivity index (χ0) is 15.6. The quantitative estimate of drug-likeness (QED) is 0.656. The lowest BCUT2D eigenvalue weighted by molar-refractivity contribution is 0.481. The molecule has 2 rings (SSSR count). The third-order valence-electron chi connectivity index (χ3n) is 3.03. The first-order valence-corrected chi connectivity index (χ1v) is 7.85. The summed E-state index contributed by atoms with van der Waals surface area (Å²) < 4.78 is 42.2. The van der Waals surface area contributed by atoms with Crippen LogP contribution in [0, 0.1) is 17.5 Å². The largest absolute Gasteiger partial charge is 0.306 e. The van der Waals surface area contributed by atoms with E-state index in [9.17, 15) is 13.2 Å². The van der Waals surface area contributed by atoms with Crippen LogP contribution < -0.4 is 5.32 Å². The van der Waals surface area contributed by atoms with Crippen LogP contribution >= 0.6 is 31.9 Å². The first kappa shape index (κ1) is 16.5. The van der Waals surface area contributed by atoms with Crippen molar-refractivity contribution in [2.75, 3.05) is 6.54 Å². The van der Waals surface area contributed by atoms with Gasteiger partial charge in [-0.15, -0.1) is 0 Å². The van der Waals surface area contributed by atoms with Crippen molar-refractivity contribution < 1.29 is 13.2 Å². The Morgan fingerprint density at radius 2 is 1.62 bits per heavy atom. The first-order chi connectivity index (χ1) is 9.93. The Hall–Kier alpha value is -0.850. The van der Waals surface area contributed by atoms with Gasteiger partial charge in [-0.2, -0.15) is 0 Å². The Labute approximate surface area is 137 Å². The molecule has 0 spiro atoms. The smallest absolute Gasteiger partial charge is 0.161 e. The average molecular weight is 423 g/mol. The highest BCUT2D eigenvalue weighted by Crippen LogP contribution is 2.32. The maximum Gasteiger partial charge on any atom is 0.161 e. The Bertz CT molecular complexity index is 662. The van der Waals surface area contributed by atoms with Crippen LogP contribution in [0.15, 0.2) is 39.3 Å². The van der Waals surface area contributed by atoms with E-state index in [1.54, 1.807) is 6.07 Å². The third-order valence-corrected chi connectivity index (χ3v) is 4.21. The van der Waals surface area contributed by atoms with E-state index in [-0.39, 0.29) is 5.56 Å². The summed E-state index contributed by atoms with van der Waals surface area (Å²) in [7, 11) is 0. The van der Waals surface area contributed by atoms with Crippen molar-refractivity contribution in [2.24, 2.45) is 0 Å². The van der Waals surface area contributed by atoms with Crippen LogP contribution in [0.2, 0.25) is 0 Å². The van der Waals surface area contributed by atoms with Gasteiger partial charge in [-0.1, -0.05) is 44.8 Å². The molecular formula is C15H12Br2F3N. The summed E-state index contributed by atoms with van der Waals surface area (Å²) in [4.78, 5) is 0. The summed E-state index contributed by atoms with van der Waals surface area (Å²) in [5.41, 5.74) is 0.809. The van der Waals surface area contributed by atoms with E-state index in [1.807, 2.05) is 19.1 Å². The molecule has 1 unspecified atom stereocenters. The molecule has 0 saturated carbocycles. The standard InChI is InChI=1S/C15H12Br2F3N/c1-2-21-15(9-4-3-8(16)5-11(9)17)10-6-13(19)14(20)7-12(10)18/h3-7,15,21H,2H2,1H3. The monoisotopic (exact) mass is 421 g/mol. The zero-order valence-electron chi connectivity index (χ0n) is 11.1. The molecule has 1 nitrogen and oxygen atoms in total. The van der Waals surface area contributed by atoms with Crippen LogP contribution in [0.1, 0.15) is 24.1 Å². The fourth-order valence-electron chi connectivity index (χ4n) is 2.09. The summed E-state index contributed by atoms with van der Waals surface area (Å²) >= 11 is 6.75. The van der Waals surface area contributed by atoms with E-state index in [2.05, 4.69) is 37.2 Å². The molecule has 1 N–H and O–H groups in total. The Morgan fingerprint density at radius 1 is 0.952 bits per heavy atom. The Balaban J connectivity index is 2.55. The molecule has 2 aromatic carbocycles. The number of nitrogens with one attached hydrogen (secondary N) is 1. The minimum absolute atomic E-state index is 0.0683. The van der Waals surface area contributed by atoms with Crippen molar-refractivity contribution in [3.05, 3.63) is 67.9 Å². The van der Waals surface area contributed by atoms with Crippen LogP contribution in [-0.4, -0.2) is 6.54 Å². The van der Waals surface area contributed by atoms with Crippen LogP contribution in [0.25, 0.3) is 0 Å². The van der Waals surface area contributed by atoms with Crippen molar-refractivity contribution in [1.29, 1.82) is 0 Å². The highest BCUT2D eigenvalue weighted by molar-refractivity contribution is 9.11. The van der Waals surface area contributed by atoms with E-state index in [0.717, 1.165) is 20.6 Å². The molecular weight excluding hydrogens is 411 g/mol. The van der Waals surface area contributed by atoms with Crippen molar-refractivity contribution >= 4 is 31.9 Å². The van der Waals surface area contributed by atoms with Gasteiger partial charge in [-0.05, 0) is 30.3 Å². The SMILES string of the molecule is CCNC(c1cc(F)c(F)cc1F)c1ccc(Br)cc1Br. The zero-order valence-corrected chi connectivity index (χ0v) is 14.2. The summed E-state index contributed by atoms with van der Waals surface area (Å²) in [6, 6.07) is 6.31. The lowest BCUT2D eigenvalue weighted by Crippen LogP contribution is -2.23. The molecule has 1 atom stereocenters. The van der Waals surface area contributed by atoms with Gasteiger partial charge in [0.1, 0.15) is 5.82 Å². The maximum absolute atomic E-state index is 14.0. The molecule has 0 aliphatic rings. The second-order valence-corrected chi connectivity index (χ2v) is 6.21. The van der Waals surface area contributed by atoms with E-state index >= 15 is 0 Å². The maximum atomic E-state index is 14.0. The van der Waals surface area contributed by atoms with Gasteiger partial charge < -0.3 is 5.32 Å². The van der Waals surface area contributed by atoms with E-state index in [4.69, 9.17) is 0 Å². The van der Waals surface area contributed by atoms with Crippen LogP contribution in [0.3, 0.4) is 0 Å². The normalized spacial score (nSPS) is 12.5. The average Bonchev–Trinajstić information content (AvgIpc) is 2.41. The van der Waals surface area contributed by atoms with Gasteiger partial charge in [-0.25, -0.2) is 13.2 Å². The van der Waals surface area contributed by atoms with Crippen molar-refractivity contribution in [2.45, 2.75) is 13.0 Å². The van der Waals surface area contributed by atoms with Gasteiger partial charge in [0.2, 0.25) is 0 Å². The third kappa shape index (κ3) is 3.67. The van der Waals surface area contributed by atoms with Gasteiger partial charge in [0.05, 0.1) is 6.04 Å². The minimum Gasteiger partial charge on any atom is -0.306 e. The predicted octanol–water partition coefficient (Wildman–Crippen LogP) is 5.33. The molecule has 0 fully saturated rings. The van der Waals surface area contributed by atoms with E-state index < -0.39 is 23.5 Å². The highest BCUT2D eigenvalue weighted by Gasteiger charge is 2.21. The fourth-order valence-corrected chi connectivity index (χ4v) is 3.36. The molecule has 0 amide bonds. The van der Waals surface area contributed by atoms with Gasteiger partial charge in [0.25, 0.3) is 0 Å². The van der Waals surface area contributed by atoms with E-state index in [1.165, 1.54) is 0 Å². The highest BCUT2D eigenvalue weighted by atomic mass is 79.9. The van der Waals surface area contributed by atoms with Crippen LogP contribution in [0.4, 0.5) is 13.2 Å². The van der Waals surface area contributed by atoms with Crippen molar-refractivity contribution in [3.63, 3.8) is 0 Å². The Morgan fingerprint density at radius 3 is 2.24 bits per heavy atom. The summed E-state index contributed by atoms with van der Waals surface area (Å²) in [6.45, 7) is 2.41. The number of halogens is 5. The van der Waals surface area contributed by atoms with Gasteiger partial charge in [-0.3, -0.25) is 0 Å². The van der Waals surface area contributed by atoms with Crippen molar-refractivity contribution in [3.8, 4) is 0 Å². The topological polar surface area (TPSA) is 12.0 Å². The van der Waals surface area contributed by atoms with Gasteiger partial charge in [0, 0.05) is 20.6 Å². The second kappa shape index (κ2) is 6.94. The van der Waals surface area contributed by atoms with E-state index in [0.29, 0.717) is 12.6 Å². The number of hydrogen-bond donors (Lipinski definition) is 1. The molecule has 0 saturated heterocycles. The van der Waals surface area contributed by atoms with Crippen LogP contribution in [-0.2, 0) is 0 Å². The molecule has 2 aromatic rings. The number of rotatable bonds is 4. The molecule has 0 aliphatic heterocycles. The lowest BCUT2D eigenvalue weighted by Gasteiger charge is -2.21. The number of benzene rings is 2. The molecule has 21 heavy (non-hydrogen) atoms. The second-order valence-electron chi connectivity index (χ2n) is 4.44. The van der Waals surface area contributed by atoms with Crippen LogP contribution in [0.5, 0.6) is 0 Å². The summed E-state index contributed by atoms with van der Waals surface area (Å²) in [5.74, 6) is -3.04. The molecule has 0 bridgehead atoms. The summed E-state index contributed by atoms with van der Waals surface area (Å²) in [5, 5.41) is 3.09. The minimum atomic E-state index is -1.19. The molecule has 0 aromatic heterocycles. The Kier molecular flexibility index (Phi) is 5.46. The molecule has 6 heteroatoms. The molecule has 0 aliphatic carbocycles. The van der Waals surface area contributed by atoms with Gasteiger partial charge >= 0.3 is 0 Å². The number of hydrogen-bond acceptors (Lipinski definition) is 1.